The Bertz CT molecular complexity index is 689. The third-order valence-electron chi connectivity index (χ3n) is 3.35. The highest BCUT2D eigenvalue weighted by Crippen LogP contribution is 2.18. The molecule has 0 saturated carbocycles. The molecule has 0 aromatic heterocycles. The average Bonchev–Trinajstić information content (AvgIpc) is 2.61. The Morgan fingerprint density at radius 1 is 1.12 bits per heavy atom. The van der Waals surface area contributed by atoms with Crippen LogP contribution < -0.4 is 10.2 Å². The lowest BCUT2D eigenvalue weighted by atomic mass is 10.0. The van der Waals surface area contributed by atoms with Crippen LogP contribution in [0.15, 0.2) is 65.8 Å². The molecule has 0 spiro atoms. The summed E-state index contributed by atoms with van der Waals surface area (Å²) in [5.74, 6) is 0.843. The first-order valence-electron chi connectivity index (χ1n) is 7.91. The van der Waals surface area contributed by atoms with Gasteiger partial charge in [0.2, 0.25) is 0 Å². The molecule has 124 valence electrons. The number of benzene rings is 2. The van der Waals surface area contributed by atoms with Crippen LogP contribution in [-0.2, 0) is 4.79 Å². The van der Waals surface area contributed by atoms with E-state index in [1.165, 1.54) is 11.8 Å². The van der Waals surface area contributed by atoms with Crippen molar-refractivity contribution in [3.05, 3.63) is 71.8 Å². The van der Waals surface area contributed by atoms with E-state index in [0.717, 1.165) is 5.56 Å². The van der Waals surface area contributed by atoms with Crippen LogP contribution in [0, 0.1) is 0 Å². The Kier molecular flexibility index (Phi) is 6.77. The van der Waals surface area contributed by atoms with E-state index in [-0.39, 0.29) is 12.5 Å². The van der Waals surface area contributed by atoms with Crippen molar-refractivity contribution in [2.75, 3.05) is 6.61 Å². The van der Waals surface area contributed by atoms with Gasteiger partial charge in [-0.2, -0.15) is 5.10 Å². The molecule has 0 bridgehead atoms. The van der Waals surface area contributed by atoms with Crippen LogP contribution in [0.4, 0.5) is 0 Å². The first kappa shape index (κ1) is 17.5. The summed E-state index contributed by atoms with van der Waals surface area (Å²) in [6.45, 7) is 4.20. The van der Waals surface area contributed by atoms with Crippen molar-refractivity contribution >= 4 is 18.2 Å². The van der Waals surface area contributed by atoms with Crippen LogP contribution in [0.2, 0.25) is 0 Å². The Morgan fingerprint density at radius 2 is 1.83 bits per heavy atom. The van der Waals surface area contributed by atoms with Crippen molar-refractivity contribution in [2.24, 2.45) is 5.10 Å². The Labute approximate surface area is 142 Å². The molecule has 2 aromatic rings. The number of amides is 1. The zero-order chi connectivity index (χ0) is 17.2. The normalized spacial score (nSPS) is 11.3. The van der Waals surface area contributed by atoms with E-state index in [1.807, 2.05) is 60.7 Å². The third-order valence-corrected chi connectivity index (χ3v) is 3.35. The van der Waals surface area contributed by atoms with Crippen molar-refractivity contribution in [3.63, 3.8) is 0 Å². The quantitative estimate of drug-likeness (QED) is 0.618. The number of hydrogen-bond donors (Lipinski definition) is 1. The van der Waals surface area contributed by atoms with Gasteiger partial charge in [-0.05, 0) is 35.3 Å². The third kappa shape index (κ3) is 6.08. The van der Waals surface area contributed by atoms with E-state index in [1.54, 1.807) is 6.08 Å². The fourth-order valence-electron chi connectivity index (χ4n) is 2.00. The number of hydrazone groups is 1. The molecule has 4 nitrogen and oxygen atoms in total. The van der Waals surface area contributed by atoms with Gasteiger partial charge in [-0.15, -0.1) is 0 Å². The van der Waals surface area contributed by atoms with Gasteiger partial charge >= 0.3 is 0 Å². The van der Waals surface area contributed by atoms with Crippen LogP contribution in [0.25, 0.3) is 6.08 Å². The van der Waals surface area contributed by atoms with Gasteiger partial charge in [0.25, 0.3) is 5.91 Å². The minimum atomic E-state index is -0.299. The maximum absolute atomic E-state index is 11.7. The highest BCUT2D eigenvalue weighted by atomic mass is 16.5. The Morgan fingerprint density at radius 3 is 2.50 bits per heavy atom. The molecule has 0 aliphatic carbocycles. The van der Waals surface area contributed by atoms with Gasteiger partial charge < -0.3 is 4.74 Å². The summed E-state index contributed by atoms with van der Waals surface area (Å²) in [6.07, 6.45) is 5.20. The standard InChI is InChI=1S/C20H22N2O2/c1-16(2)18-10-12-19(13-11-18)24-15-20(23)22-21-14-6-9-17-7-4-3-5-8-17/h3-14,16H,15H2,1-2H3,(H,22,23). The van der Waals surface area contributed by atoms with Crippen LogP contribution in [0.1, 0.15) is 30.9 Å². The summed E-state index contributed by atoms with van der Waals surface area (Å²) in [6, 6.07) is 17.6. The number of nitrogens with zero attached hydrogens (tertiary/aromatic N) is 1. The van der Waals surface area contributed by atoms with Crippen molar-refractivity contribution in [1.82, 2.24) is 5.43 Å². The second-order valence-electron chi connectivity index (χ2n) is 5.60. The van der Waals surface area contributed by atoms with Crippen LogP contribution in [-0.4, -0.2) is 18.7 Å². The summed E-state index contributed by atoms with van der Waals surface area (Å²) in [7, 11) is 0. The highest BCUT2D eigenvalue weighted by molar-refractivity contribution is 5.81. The molecule has 1 amide bonds. The fourth-order valence-corrected chi connectivity index (χ4v) is 2.00. The average molecular weight is 322 g/mol. The number of allylic oxidation sites excluding steroid dienone is 1. The van der Waals surface area contributed by atoms with Gasteiger partial charge in [0.1, 0.15) is 5.75 Å². The summed E-state index contributed by atoms with van der Waals surface area (Å²) < 4.78 is 5.42. The maximum atomic E-state index is 11.7. The van der Waals surface area contributed by atoms with Gasteiger partial charge in [-0.25, -0.2) is 5.43 Å². The smallest absolute Gasteiger partial charge is 0.277 e. The summed E-state index contributed by atoms with van der Waals surface area (Å²) >= 11 is 0. The highest BCUT2D eigenvalue weighted by Gasteiger charge is 2.02. The first-order valence-corrected chi connectivity index (χ1v) is 7.91. The molecule has 2 aromatic carbocycles. The van der Waals surface area contributed by atoms with E-state index in [4.69, 9.17) is 4.74 Å². The molecule has 0 unspecified atom stereocenters. The molecule has 0 atom stereocenters. The number of ether oxygens (including phenoxy) is 1. The zero-order valence-electron chi connectivity index (χ0n) is 14.0. The van der Waals surface area contributed by atoms with Gasteiger partial charge in [-0.1, -0.05) is 62.4 Å². The molecule has 4 heteroatoms. The lowest BCUT2D eigenvalue weighted by Gasteiger charge is -2.08. The summed E-state index contributed by atoms with van der Waals surface area (Å²) in [4.78, 5) is 11.7. The molecule has 0 radical (unpaired) electrons. The topological polar surface area (TPSA) is 50.7 Å². The molecule has 0 heterocycles. The summed E-state index contributed by atoms with van der Waals surface area (Å²) in [5.41, 5.74) is 4.73. The first-order chi connectivity index (χ1) is 11.6. The number of hydrogen-bond acceptors (Lipinski definition) is 3. The SMILES string of the molecule is CC(C)c1ccc(OCC(=O)NN=CC=Cc2ccccc2)cc1. The number of carbonyl (C=O) groups is 1. The van der Waals surface area contributed by atoms with Crippen molar-refractivity contribution < 1.29 is 9.53 Å². The van der Waals surface area contributed by atoms with Gasteiger partial charge in [0.05, 0.1) is 0 Å². The molecule has 0 saturated heterocycles. The predicted molar refractivity (Wildman–Crippen MR) is 98.1 cm³/mol. The van der Waals surface area contributed by atoms with Crippen molar-refractivity contribution in [3.8, 4) is 5.75 Å². The minimum absolute atomic E-state index is 0.0687. The van der Waals surface area contributed by atoms with Crippen molar-refractivity contribution in [2.45, 2.75) is 19.8 Å². The molecular weight excluding hydrogens is 300 g/mol. The van der Waals surface area contributed by atoms with E-state index in [9.17, 15) is 4.79 Å². The Balaban J connectivity index is 1.71. The van der Waals surface area contributed by atoms with Crippen LogP contribution in [0.3, 0.4) is 0 Å². The fraction of sp³-hybridized carbons (Fsp3) is 0.200. The lowest BCUT2D eigenvalue weighted by molar-refractivity contribution is -0.123. The second-order valence-corrected chi connectivity index (χ2v) is 5.60. The molecule has 0 aliphatic rings. The van der Waals surface area contributed by atoms with E-state index < -0.39 is 0 Å². The molecule has 1 N–H and O–H groups in total. The lowest BCUT2D eigenvalue weighted by Crippen LogP contribution is -2.24. The molecule has 0 aliphatic heterocycles. The number of nitrogens with one attached hydrogen (secondary N) is 1. The largest absolute Gasteiger partial charge is 0.484 e. The summed E-state index contributed by atoms with van der Waals surface area (Å²) in [5, 5.41) is 3.84. The number of rotatable bonds is 7. The maximum Gasteiger partial charge on any atom is 0.277 e. The van der Waals surface area contributed by atoms with E-state index in [0.29, 0.717) is 11.7 Å². The molecular formula is C20H22N2O2. The van der Waals surface area contributed by atoms with Gasteiger partial charge in [0, 0.05) is 6.21 Å². The van der Waals surface area contributed by atoms with Gasteiger partial charge in [-0.3, -0.25) is 4.79 Å². The molecule has 24 heavy (non-hydrogen) atoms. The van der Waals surface area contributed by atoms with Crippen LogP contribution in [0.5, 0.6) is 5.75 Å². The number of carbonyl (C=O) groups excluding carboxylic acids is 1. The van der Waals surface area contributed by atoms with E-state index in [2.05, 4.69) is 24.4 Å². The van der Waals surface area contributed by atoms with Gasteiger partial charge in [0.15, 0.2) is 6.61 Å². The predicted octanol–water partition coefficient (Wildman–Crippen LogP) is 4.00. The second kappa shape index (κ2) is 9.30. The van der Waals surface area contributed by atoms with Crippen LogP contribution >= 0.6 is 0 Å². The van der Waals surface area contributed by atoms with Crippen molar-refractivity contribution in [1.29, 1.82) is 0 Å². The Hall–Kier alpha value is -2.88. The van der Waals surface area contributed by atoms with E-state index >= 15 is 0 Å². The molecule has 2 rings (SSSR count). The minimum Gasteiger partial charge on any atom is -0.484 e. The molecule has 0 fully saturated rings. The zero-order valence-corrected chi connectivity index (χ0v) is 14.0. The monoisotopic (exact) mass is 322 g/mol.